The molecule has 0 aliphatic rings. The highest BCUT2D eigenvalue weighted by Crippen LogP contribution is 2.14. The average molecular weight is 240 g/mol. The van der Waals surface area contributed by atoms with E-state index in [4.69, 9.17) is 10.5 Å². The second-order valence-corrected chi connectivity index (χ2v) is 4.85. The van der Waals surface area contributed by atoms with Gasteiger partial charge in [-0.1, -0.05) is 13.8 Å². The standard InChI is InChI=1S/C12H24N4O/c1-9(2)8-11-14-12(16(3)15-11)10(13)6-5-7-17-4/h9-10H,5-8,13H2,1-4H3. The predicted octanol–water partition coefficient (Wildman–Crippen LogP) is 1.44. The van der Waals surface area contributed by atoms with E-state index in [2.05, 4.69) is 23.9 Å². The summed E-state index contributed by atoms with van der Waals surface area (Å²) in [6, 6.07) is -0.0523. The minimum absolute atomic E-state index is 0.0523. The van der Waals surface area contributed by atoms with Crippen LogP contribution in [0.4, 0.5) is 0 Å². The van der Waals surface area contributed by atoms with Gasteiger partial charge in [0.15, 0.2) is 5.82 Å². The van der Waals surface area contributed by atoms with Gasteiger partial charge in [0.25, 0.3) is 0 Å². The van der Waals surface area contributed by atoms with Crippen LogP contribution in [-0.2, 0) is 18.2 Å². The van der Waals surface area contributed by atoms with Gasteiger partial charge in [-0.2, -0.15) is 5.10 Å². The first-order valence-electron chi connectivity index (χ1n) is 6.19. The fourth-order valence-electron chi connectivity index (χ4n) is 1.80. The molecule has 0 radical (unpaired) electrons. The minimum atomic E-state index is -0.0523. The van der Waals surface area contributed by atoms with Crippen molar-refractivity contribution < 1.29 is 4.74 Å². The van der Waals surface area contributed by atoms with E-state index in [0.717, 1.165) is 37.5 Å². The number of nitrogens with zero attached hydrogens (tertiary/aromatic N) is 3. The Labute approximate surface area is 103 Å². The molecular formula is C12H24N4O. The molecular weight excluding hydrogens is 216 g/mol. The third-order valence-corrected chi connectivity index (χ3v) is 2.63. The number of methoxy groups -OCH3 is 1. The van der Waals surface area contributed by atoms with Crippen molar-refractivity contribution in [3.63, 3.8) is 0 Å². The maximum absolute atomic E-state index is 6.10. The van der Waals surface area contributed by atoms with Crippen molar-refractivity contribution in [2.45, 2.75) is 39.2 Å². The van der Waals surface area contributed by atoms with Crippen LogP contribution < -0.4 is 5.73 Å². The number of aromatic nitrogens is 3. The van der Waals surface area contributed by atoms with Gasteiger partial charge < -0.3 is 10.5 Å². The molecule has 5 nitrogen and oxygen atoms in total. The SMILES string of the molecule is COCCCC(N)c1nc(CC(C)C)nn1C. The predicted molar refractivity (Wildman–Crippen MR) is 67.6 cm³/mol. The van der Waals surface area contributed by atoms with Gasteiger partial charge in [-0.25, -0.2) is 4.98 Å². The minimum Gasteiger partial charge on any atom is -0.385 e. The number of hydrogen-bond donors (Lipinski definition) is 1. The highest BCUT2D eigenvalue weighted by atomic mass is 16.5. The van der Waals surface area contributed by atoms with Crippen molar-refractivity contribution in [2.75, 3.05) is 13.7 Å². The van der Waals surface area contributed by atoms with Gasteiger partial charge in [0.1, 0.15) is 5.82 Å². The number of ether oxygens (including phenoxy) is 1. The smallest absolute Gasteiger partial charge is 0.151 e. The molecule has 0 spiro atoms. The van der Waals surface area contributed by atoms with Gasteiger partial charge in [0.2, 0.25) is 0 Å². The van der Waals surface area contributed by atoms with Crippen LogP contribution in [0, 0.1) is 5.92 Å². The highest BCUT2D eigenvalue weighted by molar-refractivity contribution is 4.98. The van der Waals surface area contributed by atoms with Crippen molar-refractivity contribution in [3.05, 3.63) is 11.6 Å². The summed E-state index contributed by atoms with van der Waals surface area (Å²) >= 11 is 0. The van der Waals surface area contributed by atoms with E-state index in [1.165, 1.54) is 0 Å². The lowest BCUT2D eigenvalue weighted by Gasteiger charge is -2.09. The van der Waals surface area contributed by atoms with E-state index in [0.29, 0.717) is 5.92 Å². The van der Waals surface area contributed by atoms with Gasteiger partial charge in [0.05, 0.1) is 6.04 Å². The summed E-state index contributed by atoms with van der Waals surface area (Å²) in [6.45, 7) is 5.06. The molecule has 0 saturated carbocycles. The molecule has 0 saturated heterocycles. The van der Waals surface area contributed by atoms with E-state index in [1.807, 2.05) is 7.05 Å². The van der Waals surface area contributed by atoms with Gasteiger partial charge in [-0.05, 0) is 18.8 Å². The monoisotopic (exact) mass is 240 g/mol. The van der Waals surface area contributed by atoms with Gasteiger partial charge >= 0.3 is 0 Å². The highest BCUT2D eigenvalue weighted by Gasteiger charge is 2.15. The summed E-state index contributed by atoms with van der Waals surface area (Å²) in [5.41, 5.74) is 6.10. The van der Waals surface area contributed by atoms with E-state index in [9.17, 15) is 0 Å². The van der Waals surface area contributed by atoms with Crippen LogP contribution in [0.1, 0.15) is 44.4 Å². The van der Waals surface area contributed by atoms with Crippen LogP contribution in [-0.4, -0.2) is 28.5 Å². The number of hydrogen-bond acceptors (Lipinski definition) is 4. The Kier molecular flexibility index (Phi) is 5.58. The van der Waals surface area contributed by atoms with Crippen LogP contribution in [0.25, 0.3) is 0 Å². The normalized spacial score (nSPS) is 13.3. The summed E-state index contributed by atoms with van der Waals surface area (Å²) in [4.78, 5) is 4.51. The Morgan fingerprint density at radius 1 is 1.41 bits per heavy atom. The van der Waals surface area contributed by atoms with Gasteiger partial charge in [0, 0.05) is 27.2 Å². The van der Waals surface area contributed by atoms with Crippen molar-refractivity contribution >= 4 is 0 Å². The summed E-state index contributed by atoms with van der Waals surface area (Å²) in [6.07, 6.45) is 2.73. The fraction of sp³-hybridized carbons (Fsp3) is 0.833. The summed E-state index contributed by atoms with van der Waals surface area (Å²) in [5, 5.41) is 4.39. The lowest BCUT2D eigenvalue weighted by molar-refractivity contribution is 0.190. The summed E-state index contributed by atoms with van der Waals surface area (Å²) < 4.78 is 6.82. The second-order valence-electron chi connectivity index (χ2n) is 4.85. The zero-order chi connectivity index (χ0) is 12.8. The average Bonchev–Trinajstić information content (AvgIpc) is 2.58. The first-order valence-corrected chi connectivity index (χ1v) is 6.19. The molecule has 1 aromatic heterocycles. The van der Waals surface area contributed by atoms with Crippen LogP contribution in [0.3, 0.4) is 0 Å². The molecule has 1 atom stereocenters. The van der Waals surface area contributed by atoms with Crippen molar-refractivity contribution in [3.8, 4) is 0 Å². The Hall–Kier alpha value is -0.940. The Bertz CT molecular complexity index is 335. The molecule has 2 N–H and O–H groups in total. The molecule has 0 aliphatic carbocycles. The van der Waals surface area contributed by atoms with E-state index >= 15 is 0 Å². The Morgan fingerprint density at radius 2 is 2.12 bits per heavy atom. The first kappa shape index (κ1) is 14.1. The molecule has 1 heterocycles. The molecule has 1 rings (SSSR count). The summed E-state index contributed by atoms with van der Waals surface area (Å²) in [7, 11) is 3.61. The zero-order valence-electron chi connectivity index (χ0n) is 11.3. The van der Waals surface area contributed by atoms with Crippen molar-refractivity contribution in [1.82, 2.24) is 14.8 Å². The molecule has 0 bridgehead atoms. The van der Waals surface area contributed by atoms with Crippen molar-refractivity contribution in [1.29, 1.82) is 0 Å². The Morgan fingerprint density at radius 3 is 2.71 bits per heavy atom. The van der Waals surface area contributed by atoms with Crippen LogP contribution in [0.2, 0.25) is 0 Å². The van der Waals surface area contributed by atoms with Gasteiger partial charge in [-0.15, -0.1) is 0 Å². The van der Waals surface area contributed by atoms with E-state index in [1.54, 1.807) is 11.8 Å². The molecule has 0 aromatic carbocycles. The number of nitrogens with two attached hydrogens (primary N) is 1. The van der Waals surface area contributed by atoms with Gasteiger partial charge in [-0.3, -0.25) is 4.68 Å². The fourth-order valence-corrected chi connectivity index (χ4v) is 1.80. The molecule has 1 aromatic rings. The van der Waals surface area contributed by atoms with Crippen LogP contribution in [0.5, 0.6) is 0 Å². The van der Waals surface area contributed by atoms with Crippen LogP contribution >= 0.6 is 0 Å². The van der Waals surface area contributed by atoms with E-state index in [-0.39, 0.29) is 6.04 Å². The number of rotatable bonds is 7. The third-order valence-electron chi connectivity index (χ3n) is 2.63. The molecule has 98 valence electrons. The quantitative estimate of drug-likeness (QED) is 0.732. The maximum atomic E-state index is 6.10. The second kappa shape index (κ2) is 6.71. The first-order chi connectivity index (χ1) is 8.04. The lowest BCUT2D eigenvalue weighted by atomic mass is 10.1. The largest absolute Gasteiger partial charge is 0.385 e. The van der Waals surface area contributed by atoms with E-state index < -0.39 is 0 Å². The Balaban J connectivity index is 2.60. The lowest BCUT2D eigenvalue weighted by Crippen LogP contribution is -2.16. The molecule has 1 unspecified atom stereocenters. The summed E-state index contributed by atoms with van der Waals surface area (Å²) in [5.74, 6) is 2.33. The maximum Gasteiger partial charge on any atom is 0.151 e. The molecule has 0 fully saturated rings. The third kappa shape index (κ3) is 4.44. The molecule has 0 aliphatic heterocycles. The molecule has 17 heavy (non-hydrogen) atoms. The molecule has 5 heteroatoms. The number of aryl methyl sites for hydroxylation is 1. The van der Waals surface area contributed by atoms with Crippen LogP contribution in [0.15, 0.2) is 0 Å². The zero-order valence-corrected chi connectivity index (χ0v) is 11.3. The molecule has 0 amide bonds. The topological polar surface area (TPSA) is 66.0 Å². The van der Waals surface area contributed by atoms with Crippen molar-refractivity contribution in [2.24, 2.45) is 18.7 Å².